The summed E-state index contributed by atoms with van der Waals surface area (Å²) in [6.45, 7) is 1.60. The molecule has 0 aromatic heterocycles. The molecule has 0 spiro atoms. The van der Waals surface area contributed by atoms with Crippen LogP contribution in [0.4, 0.5) is 0 Å². The van der Waals surface area contributed by atoms with Gasteiger partial charge in [0.05, 0.1) is 24.0 Å². The van der Waals surface area contributed by atoms with Gasteiger partial charge in [0.15, 0.2) is 9.84 Å². The van der Waals surface area contributed by atoms with Gasteiger partial charge in [0.2, 0.25) is 0 Å². The molecular formula is C10H18O4S. The summed E-state index contributed by atoms with van der Waals surface area (Å²) in [7, 11) is -1.84. The van der Waals surface area contributed by atoms with Crippen molar-refractivity contribution in [3.8, 4) is 0 Å². The van der Waals surface area contributed by atoms with Gasteiger partial charge in [-0.25, -0.2) is 8.42 Å². The van der Waals surface area contributed by atoms with Gasteiger partial charge in [-0.2, -0.15) is 0 Å². The number of rotatable bonds is 4. The lowest BCUT2D eigenvalue weighted by molar-refractivity contribution is -0.144. The Morgan fingerprint density at radius 3 is 2.40 bits per heavy atom. The number of hydrogen-bond acceptors (Lipinski definition) is 4. The second-order valence-electron chi connectivity index (χ2n) is 4.16. The van der Waals surface area contributed by atoms with Gasteiger partial charge in [-0.15, -0.1) is 0 Å². The number of carbonyl (C=O) groups is 1. The molecule has 0 bridgehead atoms. The third kappa shape index (κ3) is 3.19. The second kappa shape index (κ2) is 4.96. The highest BCUT2D eigenvalue weighted by Crippen LogP contribution is 2.26. The zero-order valence-electron chi connectivity index (χ0n) is 9.23. The first-order chi connectivity index (χ1) is 6.97. The maximum absolute atomic E-state index is 11.9. The lowest BCUT2D eigenvalue weighted by Crippen LogP contribution is -2.28. The van der Waals surface area contributed by atoms with Crippen molar-refractivity contribution in [2.75, 3.05) is 12.9 Å². The van der Waals surface area contributed by atoms with Crippen molar-refractivity contribution in [2.24, 2.45) is 5.92 Å². The van der Waals surface area contributed by atoms with Crippen LogP contribution in [-0.2, 0) is 19.4 Å². The molecule has 0 heterocycles. The molecule has 15 heavy (non-hydrogen) atoms. The fourth-order valence-corrected chi connectivity index (χ4v) is 4.16. The van der Waals surface area contributed by atoms with Crippen LogP contribution in [0, 0.1) is 5.92 Å². The first-order valence-corrected chi connectivity index (χ1v) is 6.98. The van der Waals surface area contributed by atoms with Crippen molar-refractivity contribution in [1.82, 2.24) is 0 Å². The topological polar surface area (TPSA) is 60.4 Å². The summed E-state index contributed by atoms with van der Waals surface area (Å²) in [4.78, 5) is 11.1. The van der Waals surface area contributed by atoms with E-state index in [1.54, 1.807) is 6.92 Å². The van der Waals surface area contributed by atoms with Gasteiger partial charge in [0.25, 0.3) is 0 Å². The highest BCUT2D eigenvalue weighted by atomic mass is 32.2. The Labute approximate surface area is 90.9 Å². The van der Waals surface area contributed by atoms with Crippen molar-refractivity contribution in [3.63, 3.8) is 0 Å². The molecule has 0 aliphatic heterocycles. The van der Waals surface area contributed by atoms with Crippen molar-refractivity contribution in [3.05, 3.63) is 0 Å². The molecule has 1 rings (SSSR count). The molecular weight excluding hydrogens is 216 g/mol. The summed E-state index contributed by atoms with van der Waals surface area (Å²) in [5.74, 6) is -1.08. The van der Waals surface area contributed by atoms with Crippen molar-refractivity contribution in [1.29, 1.82) is 0 Å². The van der Waals surface area contributed by atoms with Crippen LogP contribution >= 0.6 is 0 Å². The van der Waals surface area contributed by atoms with Crippen LogP contribution in [0.5, 0.6) is 0 Å². The van der Waals surface area contributed by atoms with Crippen LogP contribution in [-0.4, -0.2) is 32.5 Å². The number of carbonyl (C=O) groups excluding carboxylic acids is 1. The van der Waals surface area contributed by atoms with E-state index in [4.69, 9.17) is 0 Å². The average Bonchev–Trinajstić information content (AvgIpc) is 2.69. The van der Waals surface area contributed by atoms with E-state index < -0.39 is 21.7 Å². The molecule has 1 fully saturated rings. The Hall–Kier alpha value is -0.580. The van der Waals surface area contributed by atoms with Gasteiger partial charge in [-0.3, -0.25) is 4.79 Å². The second-order valence-corrected chi connectivity index (χ2v) is 6.49. The number of hydrogen-bond donors (Lipinski definition) is 0. The molecule has 0 radical (unpaired) electrons. The van der Waals surface area contributed by atoms with E-state index >= 15 is 0 Å². The minimum atomic E-state index is -3.12. The minimum absolute atomic E-state index is 0.0790. The van der Waals surface area contributed by atoms with Crippen molar-refractivity contribution >= 4 is 15.8 Å². The molecule has 1 aliphatic rings. The van der Waals surface area contributed by atoms with Gasteiger partial charge < -0.3 is 4.74 Å². The summed E-state index contributed by atoms with van der Waals surface area (Å²) < 4.78 is 28.2. The van der Waals surface area contributed by atoms with E-state index in [0.29, 0.717) is 0 Å². The molecule has 5 heteroatoms. The Bertz CT molecular complexity index is 314. The molecule has 1 unspecified atom stereocenters. The number of ether oxygens (including phenoxy) is 1. The van der Waals surface area contributed by atoms with Gasteiger partial charge in [-0.05, 0) is 12.8 Å². The van der Waals surface area contributed by atoms with Crippen LogP contribution in [0.1, 0.15) is 32.6 Å². The number of methoxy groups -OCH3 is 1. The lowest BCUT2D eigenvalue weighted by Gasteiger charge is -2.14. The van der Waals surface area contributed by atoms with Crippen LogP contribution in [0.25, 0.3) is 0 Å². The summed E-state index contributed by atoms with van der Waals surface area (Å²) in [5, 5.41) is -0.232. The van der Waals surface area contributed by atoms with Crippen LogP contribution in [0.15, 0.2) is 0 Å². The Kier molecular flexibility index (Phi) is 4.13. The molecule has 4 nitrogen and oxygen atoms in total. The molecule has 0 aromatic carbocycles. The van der Waals surface area contributed by atoms with Gasteiger partial charge in [0, 0.05) is 0 Å². The molecule has 88 valence electrons. The van der Waals surface area contributed by atoms with Crippen LogP contribution < -0.4 is 0 Å². The van der Waals surface area contributed by atoms with Gasteiger partial charge in [0.1, 0.15) is 0 Å². The van der Waals surface area contributed by atoms with E-state index in [-0.39, 0.29) is 11.0 Å². The van der Waals surface area contributed by atoms with Crippen molar-refractivity contribution in [2.45, 2.75) is 37.9 Å². The molecule has 0 saturated heterocycles. The minimum Gasteiger partial charge on any atom is -0.469 e. The van der Waals surface area contributed by atoms with E-state index in [9.17, 15) is 13.2 Å². The summed E-state index contributed by atoms with van der Waals surface area (Å²) in [6, 6.07) is 0. The smallest absolute Gasteiger partial charge is 0.309 e. The van der Waals surface area contributed by atoms with E-state index in [0.717, 1.165) is 25.7 Å². The Balaban J connectivity index is 2.59. The SMILES string of the molecule is COC(=O)C(C)CS(=O)(=O)C1CCCC1. The average molecular weight is 234 g/mol. The first-order valence-electron chi connectivity index (χ1n) is 5.26. The lowest BCUT2D eigenvalue weighted by atomic mass is 10.2. The van der Waals surface area contributed by atoms with E-state index in [1.807, 2.05) is 0 Å². The molecule has 0 N–H and O–H groups in total. The monoisotopic (exact) mass is 234 g/mol. The largest absolute Gasteiger partial charge is 0.469 e. The van der Waals surface area contributed by atoms with E-state index in [1.165, 1.54) is 7.11 Å². The highest BCUT2D eigenvalue weighted by Gasteiger charge is 2.31. The molecule has 0 aromatic rings. The predicted molar refractivity (Wildman–Crippen MR) is 57.2 cm³/mol. The first kappa shape index (κ1) is 12.5. The van der Waals surface area contributed by atoms with Crippen LogP contribution in [0.2, 0.25) is 0 Å². The third-order valence-electron chi connectivity index (χ3n) is 2.90. The zero-order valence-corrected chi connectivity index (χ0v) is 10.0. The number of esters is 1. The zero-order chi connectivity index (χ0) is 11.5. The standard InChI is InChI=1S/C10H18O4S/c1-8(10(11)14-2)7-15(12,13)9-5-3-4-6-9/h8-9H,3-7H2,1-2H3. The Morgan fingerprint density at radius 2 is 1.93 bits per heavy atom. The molecule has 1 aliphatic carbocycles. The molecule has 0 amide bonds. The number of sulfone groups is 1. The predicted octanol–water partition coefficient (Wildman–Crippen LogP) is 1.15. The normalized spacial score (nSPS) is 20.1. The van der Waals surface area contributed by atoms with Gasteiger partial charge in [-0.1, -0.05) is 19.8 Å². The van der Waals surface area contributed by atoms with Gasteiger partial charge >= 0.3 is 5.97 Å². The Morgan fingerprint density at radius 1 is 1.40 bits per heavy atom. The quantitative estimate of drug-likeness (QED) is 0.685. The molecule has 1 saturated carbocycles. The maximum Gasteiger partial charge on any atom is 0.309 e. The fraction of sp³-hybridized carbons (Fsp3) is 0.900. The highest BCUT2D eigenvalue weighted by molar-refractivity contribution is 7.92. The van der Waals surface area contributed by atoms with E-state index in [2.05, 4.69) is 4.74 Å². The van der Waals surface area contributed by atoms with Crippen LogP contribution in [0.3, 0.4) is 0 Å². The fourth-order valence-electron chi connectivity index (χ4n) is 2.00. The summed E-state index contributed by atoms with van der Waals surface area (Å²) >= 11 is 0. The summed E-state index contributed by atoms with van der Waals surface area (Å²) in [5.41, 5.74) is 0. The van der Waals surface area contributed by atoms with Crippen molar-refractivity contribution < 1.29 is 17.9 Å². The third-order valence-corrected chi connectivity index (χ3v) is 5.35. The maximum atomic E-state index is 11.9. The molecule has 1 atom stereocenters. The summed E-state index contributed by atoms with van der Waals surface area (Å²) in [6.07, 6.45) is 3.46.